The van der Waals surface area contributed by atoms with Crippen LogP contribution in [0.1, 0.15) is 45.2 Å². The van der Waals surface area contributed by atoms with E-state index in [4.69, 9.17) is 24.7 Å². The van der Waals surface area contributed by atoms with Crippen LogP contribution in [-0.2, 0) is 41.6 Å². The van der Waals surface area contributed by atoms with Gasteiger partial charge in [-0.15, -0.1) is 0 Å². The summed E-state index contributed by atoms with van der Waals surface area (Å²) in [7, 11) is -0.495. The minimum Gasteiger partial charge on any atom is -0.505 e. The van der Waals surface area contributed by atoms with Crippen molar-refractivity contribution in [3.8, 4) is 11.5 Å². The number of primary amides is 1. The van der Waals surface area contributed by atoms with Crippen molar-refractivity contribution in [2.24, 2.45) is 17.6 Å². The number of alkyl halides is 3. The number of phenolic OH excluding ortho intramolecular Hbond substituents is 1. The molecule has 2 aromatic carbocycles. The number of benzene rings is 2. The van der Waals surface area contributed by atoms with Crippen LogP contribution < -0.4 is 20.5 Å². The molecule has 2 bridgehead atoms. The molecule has 0 aromatic heterocycles. The third-order valence-electron chi connectivity index (χ3n) is 8.74. The Morgan fingerprint density at radius 2 is 1.72 bits per heavy atom. The van der Waals surface area contributed by atoms with Crippen LogP contribution in [0.25, 0.3) is 0 Å². The zero-order chi connectivity index (χ0) is 39.8. The first-order valence-corrected chi connectivity index (χ1v) is 17.9. The lowest BCUT2D eigenvalue weighted by atomic mass is 9.87. The zero-order valence-corrected chi connectivity index (χ0v) is 31.2. The van der Waals surface area contributed by atoms with Crippen LogP contribution in [0.15, 0.2) is 70.7 Å². The standard InChI is InChI=1S/C36H46F3N3O10S/c1-19-15-25-31(44)26(18-27(33(25)51-7)42-53(47,48)24-13-11-23(12-14-24)36(37,38)39)41-34(45)20(2)9-8-10-28(49-5)32(52-35(40)46)22(4)17-21(3)30(43)29(16-19)50-6/h8-14,17-19,21,28-30,32,42-44H,15-16H2,1-7H3,(H2,40,46)(H,41,45)/b10-8-,20-9+,22-17+/t19-,21+,28+,29+,30-,32+/m1/s1. The molecule has 2 amide bonds. The summed E-state index contributed by atoms with van der Waals surface area (Å²) >= 11 is 0. The summed E-state index contributed by atoms with van der Waals surface area (Å²) in [5.74, 6) is -2.18. The molecule has 6 atom stereocenters. The van der Waals surface area contributed by atoms with Crippen LogP contribution in [0.3, 0.4) is 0 Å². The average Bonchev–Trinajstić information content (AvgIpc) is 3.08. The molecule has 0 fully saturated rings. The van der Waals surface area contributed by atoms with Crippen molar-refractivity contribution in [3.05, 3.63) is 76.9 Å². The fraction of sp³-hybridized carbons (Fsp3) is 0.444. The molecule has 13 nitrogen and oxygen atoms in total. The maximum absolute atomic E-state index is 13.4. The molecule has 0 unspecified atom stereocenters. The number of hydrogen-bond donors (Lipinski definition) is 5. The summed E-state index contributed by atoms with van der Waals surface area (Å²) in [5, 5.41) is 25.4. The second kappa shape index (κ2) is 18.0. The summed E-state index contributed by atoms with van der Waals surface area (Å²) in [6, 6.07) is 3.98. The van der Waals surface area contributed by atoms with Crippen molar-refractivity contribution in [1.29, 1.82) is 0 Å². The number of aliphatic hydroxyl groups is 1. The van der Waals surface area contributed by atoms with E-state index in [9.17, 15) is 41.4 Å². The fourth-order valence-electron chi connectivity index (χ4n) is 5.93. The van der Waals surface area contributed by atoms with E-state index in [1.165, 1.54) is 46.5 Å². The van der Waals surface area contributed by atoms with Crippen LogP contribution >= 0.6 is 0 Å². The van der Waals surface area contributed by atoms with Gasteiger partial charge in [0.25, 0.3) is 15.9 Å². The molecule has 0 aliphatic carbocycles. The Morgan fingerprint density at radius 3 is 2.26 bits per heavy atom. The number of carbonyl (C=O) groups excluding carboxylic acids is 2. The Labute approximate surface area is 306 Å². The Balaban J connectivity index is 2.19. The van der Waals surface area contributed by atoms with Gasteiger partial charge in [0, 0.05) is 31.3 Å². The van der Waals surface area contributed by atoms with Crippen LogP contribution in [0.4, 0.5) is 29.3 Å². The third-order valence-corrected chi connectivity index (χ3v) is 10.1. The topological polar surface area (TPSA) is 196 Å². The molecule has 17 heteroatoms. The van der Waals surface area contributed by atoms with E-state index in [0.717, 1.165) is 18.2 Å². The molecular weight excluding hydrogens is 723 g/mol. The molecule has 292 valence electrons. The van der Waals surface area contributed by atoms with Gasteiger partial charge in [0.1, 0.15) is 17.6 Å². The van der Waals surface area contributed by atoms with Crippen molar-refractivity contribution >= 4 is 33.4 Å². The van der Waals surface area contributed by atoms with E-state index < -0.39 is 74.7 Å². The second-order valence-electron chi connectivity index (χ2n) is 12.8. The number of aliphatic hydroxyl groups excluding tert-OH is 1. The lowest BCUT2D eigenvalue weighted by Gasteiger charge is -2.29. The number of fused-ring (bicyclic) bond motifs is 2. The number of nitrogens with one attached hydrogen (secondary N) is 2. The predicted octanol–water partition coefficient (Wildman–Crippen LogP) is 5.68. The molecule has 2 aromatic rings. The summed E-state index contributed by atoms with van der Waals surface area (Å²) in [6.07, 6.45) is -3.11. The fourth-order valence-corrected chi connectivity index (χ4v) is 6.99. The summed E-state index contributed by atoms with van der Waals surface area (Å²) in [6.45, 7) is 6.69. The molecule has 1 aliphatic rings. The minimum atomic E-state index is -4.69. The lowest BCUT2D eigenvalue weighted by molar-refractivity contribution is -0.137. The van der Waals surface area contributed by atoms with E-state index in [0.29, 0.717) is 17.7 Å². The highest BCUT2D eigenvalue weighted by Gasteiger charge is 2.33. The second-order valence-corrected chi connectivity index (χ2v) is 14.5. The monoisotopic (exact) mass is 769 g/mol. The molecular formula is C36H46F3N3O10S. The molecule has 3 rings (SSSR count). The Morgan fingerprint density at radius 1 is 1.08 bits per heavy atom. The number of carbonyl (C=O) groups is 2. The third kappa shape index (κ3) is 11.0. The van der Waals surface area contributed by atoms with E-state index in [-0.39, 0.29) is 47.0 Å². The Hall–Kier alpha value is -4.58. The molecule has 1 aliphatic heterocycles. The van der Waals surface area contributed by atoms with Crippen LogP contribution in [0.2, 0.25) is 0 Å². The van der Waals surface area contributed by atoms with Gasteiger partial charge < -0.3 is 40.2 Å². The number of phenols is 1. The predicted molar refractivity (Wildman–Crippen MR) is 191 cm³/mol. The average molecular weight is 770 g/mol. The number of hydrogen-bond acceptors (Lipinski definition) is 10. The van der Waals surface area contributed by atoms with Crippen molar-refractivity contribution in [1.82, 2.24) is 0 Å². The van der Waals surface area contributed by atoms with E-state index in [1.54, 1.807) is 26.8 Å². The molecule has 53 heavy (non-hydrogen) atoms. The van der Waals surface area contributed by atoms with Gasteiger partial charge in [-0.1, -0.05) is 38.2 Å². The maximum Gasteiger partial charge on any atom is 0.416 e. The van der Waals surface area contributed by atoms with Crippen molar-refractivity contribution in [2.45, 2.75) is 76.0 Å². The molecule has 6 N–H and O–H groups in total. The van der Waals surface area contributed by atoms with Gasteiger partial charge in [-0.2, -0.15) is 13.2 Å². The van der Waals surface area contributed by atoms with Gasteiger partial charge in [-0.05, 0) is 68.5 Å². The van der Waals surface area contributed by atoms with Crippen LogP contribution in [0.5, 0.6) is 11.5 Å². The van der Waals surface area contributed by atoms with Gasteiger partial charge in [-0.3, -0.25) is 9.52 Å². The number of halogens is 3. The van der Waals surface area contributed by atoms with Gasteiger partial charge in [0.05, 0.1) is 41.2 Å². The first-order valence-electron chi connectivity index (χ1n) is 16.4. The quantitative estimate of drug-likeness (QED) is 0.133. The van der Waals surface area contributed by atoms with Crippen molar-refractivity contribution in [3.63, 3.8) is 0 Å². The van der Waals surface area contributed by atoms with Crippen molar-refractivity contribution < 1.29 is 60.3 Å². The Kier molecular flexibility index (Phi) is 14.5. The largest absolute Gasteiger partial charge is 0.505 e. The number of sulfonamides is 1. The molecule has 0 saturated heterocycles. The highest BCUT2D eigenvalue weighted by Crippen LogP contribution is 2.44. The first-order chi connectivity index (χ1) is 24.7. The minimum absolute atomic E-state index is 0.0190. The number of nitrogens with two attached hydrogens (primary N) is 1. The number of allylic oxidation sites excluding steroid dienone is 2. The van der Waals surface area contributed by atoms with E-state index >= 15 is 0 Å². The highest BCUT2D eigenvalue weighted by molar-refractivity contribution is 7.92. The first kappa shape index (κ1) is 42.8. The number of aromatic hydroxyl groups is 1. The normalized spacial score (nSPS) is 26.3. The molecule has 1 heterocycles. The van der Waals surface area contributed by atoms with Crippen LogP contribution in [-0.4, -0.2) is 76.4 Å². The van der Waals surface area contributed by atoms with Crippen molar-refractivity contribution in [2.75, 3.05) is 31.4 Å². The number of amides is 2. The summed E-state index contributed by atoms with van der Waals surface area (Å²) in [4.78, 5) is 24.7. The van der Waals surface area contributed by atoms with E-state index in [2.05, 4.69) is 10.0 Å². The number of ether oxygens (including phenoxy) is 4. The summed E-state index contributed by atoms with van der Waals surface area (Å²) < 4.78 is 90.8. The maximum atomic E-state index is 13.4. The van der Waals surface area contributed by atoms with Gasteiger partial charge >= 0.3 is 12.3 Å². The van der Waals surface area contributed by atoms with Gasteiger partial charge in [0.15, 0.2) is 6.10 Å². The summed E-state index contributed by atoms with van der Waals surface area (Å²) in [5.41, 5.74) is 4.61. The zero-order valence-electron chi connectivity index (χ0n) is 30.4. The SMILES string of the molecule is COc1c(NS(=O)(=O)c2ccc(C(F)(F)F)cc2)cc2c(O)c1C[C@@H](C)C[C@H](OC)[C@H](O)[C@@H](C)/C=C(\C)[C@H](OC(N)=O)[C@@H](OC)/C=C\C=C(/C)C(=O)N2. The lowest BCUT2D eigenvalue weighted by Crippen LogP contribution is -2.37. The molecule has 0 radical (unpaired) electrons. The number of methoxy groups -OCH3 is 3. The van der Waals surface area contributed by atoms with Gasteiger partial charge in [0.2, 0.25) is 0 Å². The number of rotatable bonds is 7. The smallest absolute Gasteiger partial charge is 0.416 e. The van der Waals surface area contributed by atoms with E-state index in [1.807, 2.05) is 0 Å². The Bertz CT molecular complexity index is 1830. The molecule has 0 spiro atoms. The van der Waals surface area contributed by atoms with Gasteiger partial charge in [-0.25, -0.2) is 13.2 Å². The van der Waals surface area contributed by atoms with Crippen LogP contribution in [0, 0.1) is 11.8 Å². The number of anilines is 2. The highest BCUT2D eigenvalue weighted by atomic mass is 32.2. The molecule has 0 saturated carbocycles.